The molecule has 12 heteroatoms. The molecule has 0 amide bonds. The van der Waals surface area contributed by atoms with Crippen molar-refractivity contribution < 1.29 is 18.6 Å². The van der Waals surface area contributed by atoms with Crippen LogP contribution in [0.2, 0.25) is 0 Å². The van der Waals surface area contributed by atoms with Crippen LogP contribution in [0.1, 0.15) is 28.1 Å². The van der Waals surface area contributed by atoms with Gasteiger partial charge >= 0.3 is 0 Å². The van der Waals surface area contributed by atoms with Crippen molar-refractivity contribution in [1.82, 2.24) is 30.1 Å². The number of benzene rings is 1. The van der Waals surface area contributed by atoms with E-state index in [0.717, 1.165) is 16.0 Å². The summed E-state index contributed by atoms with van der Waals surface area (Å²) in [5.74, 6) is 2.37. The maximum absolute atomic E-state index is 13.7. The molecular weight excluding hydrogens is 508 g/mol. The van der Waals surface area contributed by atoms with E-state index in [-0.39, 0.29) is 5.56 Å². The first-order valence-corrected chi connectivity index (χ1v) is 12.8. The first kappa shape index (κ1) is 25.6. The Bertz CT molecular complexity index is 1490. The lowest BCUT2D eigenvalue weighted by atomic mass is 10.0. The minimum absolute atomic E-state index is 0.258. The third-order valence-corrected chi connectivity index (χ3v) is 7.09. The van der Waals surface area contributed by atoms with Crippen LogP contribution in [0.5, 0.6) is 11.5 Å². The predicted octanol–water partition coefficient (Wildman–Crippen LogP) is 3.62. The van der Waals surface area contributed by atoms with Gasteiger partial charge < -0.3 is 23.6 Å². The molecule has 0 fully saturated rings. The van der Waals surface area contributed by atoms with E-state index in [1.54, 1.807) is 49.7 Å². The summed E-state index contributed by atoms with van der Waals surface area (Å²) in [7, 11) is 4.76. The number of aromatic amines is 1. The smallest absolute Gasteiger partial charge is 0.253 e. The molecule has 5 aromatic rings. The van der Waals surface area contributed by atoms with Gasteiger partial charge in [0.05, 0.1) is 45.7 Å². The summed E-state index contributed by atoms with van der Waals surface area (Å²) in [6, 6.07) is 12.7. The second-order valence-electron chi connectivity index (χ2n) is 8.57. The summed E-state index contributed by atoms with van der Waals surface area (Å²) >= 11 is 1.64. The number of furan rings is 1. The molecule has 0 saturated heterocycles. The van der Waals surface area contributed by atoms with Crippen LogP contribution < -0.4 is 15.0 Å². The van der Waals surface area contributed by atoms with Gasteiger partial charge in [0.1, 0.15) is 11.8 Å². The average Bonchev–Trinajstić information content (AvgIpc) is 3.71. The van der Waals surface area contributed by atoms with Gasteiger partial charge in [-0.05, 0) is 46.1 Å². The van der Waals surface area contributed by atoms with Crippen molar-refractivity contribution in [3.63, 3.8) is 0 Å². The van der Waals surface area contributed by atoms with Crippen LogP contribution in [0.3, 0.4) is 0 Å². The van der Waals surface area contributed by atoms with E-state index in [1.807, 2.05) is 35.7 Å². The van der Waals surface area contributed by atoms with Crippen LogP contribution in [0.4, 0.5) is 0 Å². The zero-order valence-corrected chi connectivity index (χ0v) is 22.1. The molecule has 1 N–H and O–H groups in total. The van der Waals surface area contributed by atoms with Gasteiger partial charge in [0.2, 0.25) is 0 Å². The number of rotatable bonds is 12. The van der Waals surface area contributed by atoms with E-state index in [4.69, 9.17) is 18.6 Å². The highest BCUT2D eigenvalue weighted by atomic mass is 32.1. The summed E-state index contributed by atoms with van der Waals surface area (Å²) in [5, 5.41) is 15.3. The molecule has 4 heterocycles. The van der Waals surface area contributed by atoms with Crippen LogP contribution in [-0.2, 0) is 24.4 Å². The van der Waals surface area contributed by atoms with Gasteiger partial charge in [-0.1, -0.05) is 6.07 Å². The van der Waals surface area contributed by atoms with E-state index in [9.17, 15) is 4.79 Å². The monoisotopic (exact) mass is 536 g/mol. The summed E-state index contributed by atoms with van der Waals surface area (Å²) in [4.78, 5) is 20.0. The Kier molecular flexibility index (Phi) is 7.82. The Morgan fingerprint density at radius 2 is 1.95 bits per heavy atom. The quantitative estimate of drug-likeness (QED) is 0.255. The molecule has 38 heavy (non-hydrogen) atoms. The van der Waals surface area contributed by atoms with Gasteiger partial charge in [0, 0.05) is 35.5 Å². The summed E-state index contributed by atoms with van der Waals surface area (Å²) < 4.78 is 23.6. The van der Waals surface area contributed by atoms with Gasteiger partial charge in [0.15, 0.2) is 17.3 Å². The Hall–Kier alpha value is -4.00. The predicted molar refractivity (Wildman–Crippen MR) is 141 cm³/mol. The topological polar surface area (TPSA) is 121 Å². The Morgan fingerprint density at radius 1 is 1.11 bits per heavy atom. The number of ether oxygens (including phenoxy) is 3. The molecule has 0 aliphatic carbocycles. The lowest BCUT2D eigenvalue weighted by Crippen LogP contribution is -2.34. The molecule has 1 unspecified atom stereocenters. The van der Waals surface area contributed by atoms with E-state index >= 15 is 0 Å². The maximum atomic E-state index is 13.7. The lowest BCUT2D eigenvalue weighted by Gasteiger charge is -2.30. The fourth-order valence-corrected chi connectivity index (χ4v) is 5.17. The highest BCUT2D eigenvalue weighted by molar-refractivity contribution is 7.09. The van der Waals surface area contributed by atoms with Crippen LogP contribution in [0.15, 0.2) is 63.3 Å². The summed E-state index contributed by atoms with van der Waals surface area (Å²) in [6.45, 7) is 1.82. The number of H-pyrrole nitrogens is 1. The fourth-order valence-electron chi connectivity index (χ4n) is 4.44. The van der Waals surface area contributed by atoms with Crippen LogP contribution >= 0.6 is 11.3 Å². The Labute approximate surface area is 222 Å². The number of aromatic nitrogens is 5. The largest absolute Gasteiger partial charge is 0.493 e. The number of hydrogen-bond acceptors (Lipinski definition) is 10. The molecule has 0 spiro atoms. The van der Waals surface area contributed by atoms with E-state index in [2.05, 4.69) is 31.5 Å². The summed E-state index contributed by atoms with van der Waals surface area (Å²) in [6.07, 6.45) is 1.64. The molecule has 1 atom stereocenters. The van der Waals surface area contributed by atoms with E-state index in [0.29, 0.717) is 54.6 Å². The van der Waals surface area contributed by atoms with Crippen molar-refractivity contribution in [3.8, 4) is 11.5 Å². The van der Waals surface area contributed by atoms with Crippen LogP contribution in [-0.4, -0.2) is 58.0 Å². The van der Waals surface area contributed by atoms with E-state index < -0.39 is 6.04 Å². The first-order valence-electron chi connectivity index (χ1n) is 11.9. The van der Waals surface area contributed by atoms with Crippen molar-refractivity contribution in [2.45, 2.75) is 25.7 Å². The number of methoxy groups -OCH3 is 3. The molecule has 11 nitrogen and oxygen atoms in total. The standard InChI is InChI=1S/C26H28N6O5S/c1-34-10-8-32-25(28-29-30-32)24(31(15-18-6-4-9-37-18)16-19-7-5-11-38-19)20-12-17-13-22(35-2)23(36-3)14-21(17)27-26(20)33/h4-7,9,11-14,24H,8,10,15-16H2,1-3H3,(H,27,33). The first-order chi connectivity index (χ1) is 18.6. The van der Waals surface area contributed by atoms with Crippen LogP contribution in [0, 0.1) is 0 Å². The minimum atomic E-state index is -0.602. The normalized spacial score (nSPS) is 12.3. The fraction of sp³-hybridized carbons (Fsp3) is 0.308. The molecule has 1 aromatic carbocycles. The lowest BCUT2D eigenvalue weighted by molar-refractivity contribution is 0.164. The summed E-state index contributed by atoms with van der Waals surface area (Å²) in [5.41, 5.74) is 0.859. The van der Waals surface area contributed by atoms with Crippen LogP contribution in [0.25, 0.3) is 10.9 Å². The Morgan fingerprint density at radius 3 is 2.66 bits per heavy atom. The van der Waals surface area contributed by atoms with Crippen molar-refractivity contribution >= 4 is 22.2 Å². The number of nitrogens with one attached hydrogen (secondary N) is 1. The molecule has 0 saturated carbocycles. The molecule has 4 aromatic heterocycles. The second-order valence-corrected chi connectivity index (χ2v) is 9.60. The number of nitrogens with zero attached hydrogens (tertiary/aromatic N) is 5. The minimum Gasteiger partial charge on any atom is -0.493 e. The van der Waals surface area contributed by atoms with E-state index in [1.165, 1.54) is 0 Å². The zero-order valence-electron chi connectivity index (χ0n) is 21.3. The maximum Gasteiger partial charge on any atom is 0.253 e. The SMILES string of the molecule is COCCn1nnnc1C(c1cc2cc(OC)c(OC)cc2[nH]c1=O)N(Cc1ccco1)Cc1cccs1. The highest BCUT2D eigenvalue weighted by Crippen LogP contribution is 2.34. The van der Waals surface area contributed by atoms with Gasteiger partial charge in [-0.25, -0.2) is 4.68 Å². The van der Waals surface area contributed by atoms with Gasteiger partial charge in [-0.3, -0.25) is 9.69 Å². The third-order valence-electron chi connectivity index (χ3n) is 6.23. The molecule has 0 aliphatic heterocycles. The van der Waals surface area contributed by atoms with Crippen molar-refractivity contribution in [2.75, 3.05) is 27.9 Å². The zero-order chi connectivity index (χ0) is 26.5. The molecule has 5 rings (SSSR count). The number of tetrazole rings is 1. The molecule has 0 bridgehead atoms. The highest BCUT2D eigenvalue weighted by Gasteiger charge is 2.31. The van der Waals surface area contributed by atoms with Crippen molar-refractivity contribution in [1.29, 1.82) is 0 Å². The number of fused-ring (bicyclic) bond motifs is 1. The van der Waals surface area contributed by atoms with Crippen molar-refractivity contribution in [2.24, 2.45) is 0 Å². The van der Waals surface area contributed by atoms with Crippen molar-refractivity contribution in [3.05, 3.63) is 86.5 Å². The van der Waals surface area contributed by atoms with Gasteiger partial charge in [0.25, 0.3) is 5.56 Å². The number of pyridine rings is 1. The molecule has 0 aliphatic rings. The molecule has 198 valence electrons. The average molecular weight is 537 g/mol. The number of hydrogen-bond donors (Lipinski definition) is 1. The van der Waals surface area contributed by atoms with Gasteiger partial charge in [-0.2, -0.15) is 0 Å². The van der Waals surface area contributed by atoms with Gasteiger partial charge in [-0.15, -0.1) is 16.4 Å². The number of thiophene rings is 1. The Balaban J connectivity index is 1.69. The molecular formula is C26H28N6O5S. The second kappa shape index (κ2) is 11.6. The molecule has 0 radical (unpaired) electrons. The third kappa shape index (κ3) is 5.32.